The number of aromatic nitrogens is 2. The van der Waals surface area contributed by atoms with Gasteiger partial charge < -0.3 is 5.32 Å². The number of halogens is 1. The van der Waals surface area contributed by atoms with Crippen molar-refractivity contribution in [2.45, 2.75) is 46.0 Å². The molecule has 32 heavy (non-hydrogen) atoms. The lowest BCUT2D eigenvalue weighted by atomic mass is 10.1. The van der Waals surface area contributed by atoms with Gasteiger partial charge in [0.25, 0.3) is 5.91 Å². The molecule has 0 aliphatic carbocycles. The third-order valence-corrected chi connectivity index (χ3v) is 6.96. The SMILES string of the molecule is Cc1nn(-c2ccc(C(=O)NCc3ccccc3CS(=O)(=O)NC(C)C)cc2)c(C)c1Cl. The van der Waals surface area contributed by atoms with E-state index in [1.165, 1.54) is 0 Å². The van der Waals surface area contributed by atoms with Crippen molar-refractivity contribution in [3.8, 4) is 5.69 Å². The summed E-state index contributed by atoms with van der Waals surface area (Å²) in [5.41, 5.74) is 4.28. The van der Waals surface area contributed by atoms with E-state index in [1.807, 2.05) is 38.1 Å². The number of carbonyl (C=O) groups excluding carboxylic acids is 1. The van der Waals surface area contributed by atoms with Crippen LogP contribution in [0.3, 0.4) is 0 Å². The minimum absolute atomic E-state index is 0.142. The van der Waals surface area contributed by atoms with Crippen LogP contribution in [-0.2, 0) is 22.3 Å². The van der Waals surface area contributed by atoms with Gasteiger partial charge in [-0.05, 0) is 63.1 Å². The van der Waals surface area contributed by atoms with Crippen molar-refractivity contribution >= 4 is 27.5 Å². The number of hydrogen-bond donors (Lipinski definition) is 2. The van der Waals surface area contributed by atoms with Crippen LogP contribution in [-0.4, -0.2) is 30.1 Å². The van der Waals surface area contributed by atoms with Crippen molar-refractivity contribution in [2.24, 2.45) is 0 Å². The van der Waals surface area contributed by atoms with Crippen LogP contribution in [0.15, 0.2) is 48.5 Å². The van der Waals surface area contributed by atoms with Gasteiger partial charge >= 0.3 is 0 Å². The minimum Gasteiger partial charge on any atom is -0.348 e. The maximum absolute atomic E-state index is 12.6. The van der Waals surface area contributed by atoms with E-state index in [0.717, 1.165) is 22.6 Å². The van der Waals surface area contributed by atoms with Crippen LogP contribution in [0.5, 0.6) is 0 Å². The average Bonchev–Trinajstić information content (AvgIpc) is 2.99. The van der Waals surface area contributed by atoms with Crippen LogP contribution in [0.4, 0.5) is 0 Å². The molecule has 0 bridgehead atoms. The van der Waals surface area contributed by atoms with Gasteiger partial charge in [-0.2, -0.15) is 5.10 Å². The van der Waals surface area contributed by atoms with E-state index in [2.05, 4.69) is 15.1 Å². The van der Waals surface area contributed by atoms with Gasteiger partial charge in [-0.25, -0.2) is 17.8 Å². The lowest BCUT2D eigenvalue weighted by Gasteiger charge is -2.13. The minimum atomic E-state index is -3.46. The summed E-state index contributed by atoms with van der Waals surface area (Å²) in [6, 6.07) is 14.1. The predicted molar refractivity (Wildman–Crippen MR) is 127 cm³/mol. The molecule has 1 heterocycles. The molecule has 7 nitrogen and oxygen atoms in total. The van der Waals surface area contributed by atoms with Crippen LogP contribution in [0.2, 0.25) is 5.02 Å². The summed E-state index contributed by atoms with van der Waals surface area (Å²) < 4.78 is 28.9. The Morgan fingerprint density at radius 1 is 1.06 bits per heavy atom. The smallest absolute Gasteiger partial charge is 0.251 e. The first-order chi connectivity index (χ1) is 15.1. The monoisotopic (exact) mass is 474 g/mol. The van der Waals surface area contributed by atoms with E-state index in [1.54, 1.807) is 42.8 Å². The number of benzene rings is 2. The fourth-order valence-electron chi connectivity index (χ4n) is 3.38. The largest absolute Gasteiger partial charge is 0.348 e. The fourth-order valence-corrected chi connectivity index (χ4v) is 4.99. The van der Waals surface area contributed by atoms with Gasteiger partial charge in [-0.3, -0.25) is 4.79 Å². The summed E-state index contributed by atoms with van der Waals surface area (Å²) in [4.78, 5) is 12.6. The number of sulfonamides is 1. The highest BCUT2D eigenvalue weighted by molar-refractivity contribution is 7.88. The van der Waals surface area contributed by atoms with Crippen molar-refractivity contribution < 1.29 is 13.2 Å². The highest BCUT2D eigenvalue weighted by Gasteiger charge is 2.16. The van der Waals surface area contributed by atoms with E-state index in [-0.39, 0.29) is 24.2 Å². The van der Waals surface area contributed by atoms with Crippen LogP contribution >= 0.6 is 11.6 Å². The second-order valence-corrected chi connectivity index (χ2v) is 10.1. The maximum atomic E-state index is 12.6. The molecule has 0 fully saturated rings. The van der Waals surface area contributed by atoms with Gasteiger partial charge in [0, 0.05) is 18.2 Å². The van der Waals surface area contributed by atoms with Crippen molar-refractivity contribution in [2.75, 3.05) is 0 Å². The Labute approximate surface area is 193 Å². The zero-order valence-corrected chi connectivity index (χ0v) is 20.1. The van der Waals surface area contributed by atoms with Gasteiger partial charge in [0.2, 0.25) is 10.0 Å². The molecular weight excluding hydrogens is 448 g/mol. The highest BCUT2D eigenvalue weighted by atomic mass is 35.5. The van der Waals surface area contributed by atoms with Gasteiger partial charge in [0.15, 0.2) is 0 Å². The molecule has 3 aromatic rings. The molecule has 1 amide bonds. The predicted octanol–water partition coefficient (Wildman–Crippen LogP) is 3.90. The molecule has 0 saturated heterocycles. The topological polar surface area (TPSA) is 93.1 Å². The first kappa shape index (κ1) is 24.0. The Morgan fingerprint density at radius 2 is 1.69 bits per heavy atom. The van der Waals surface area contributed by atoms with Gasteiger partial charge in [-0.1, -0.05) is 35.9 Å². The van der Waals surface area contributed by atoms with Crippen LogP contribution < -0.4 is 10.0 Å². The first-order valence-corrected chi connectivity index (χ1v) is 12.3. The van der Waals surface area contributed by atoms with Gasteiger partial charge in [-0.15, -0.1) is 0 Å². The Kier molecular flexibility index (Phi) is 7.38. The second kappa shape index (κ2) is 9.85. The maximum Gasteiger partial charge on any atom is 0.251 e. The van der Waals surface area contributed by atoms with Crippen molar-refractivity contribution in [3.05, 3.63) is 81.6 Å². The molecule has 0 aliphatic heterocycles. The zero-order valence-electron chi connectivity index (χ0n) is 18.5. The molecule has 2 N–H and O–H groups in total. The summed E-state index contributed by atoms with van der Waals surface area (Å²) in [5.74, 6) is -0.391. The zero-order chi connectivity index (χ0) is 23.5. The Hall–Kier alpha value is -2.68. The summed E-state index contributed by atoms with van der Waals surface area (Å²) in [6.45, 7) is 7.50. The number of carbonyl (C=O) groups is 1. The molecule has 0 spiro atoms. The van der Waals surface area contributed by atoms with Gasteiger partial charge in [0.05, 0.1) is 27.9 Å². The number of hydrogen-bond acceptors (Lipinski definition) is 4. The summed E-state index contributed by atoms with van der Waals surface area (Å²) >= 11 is 6.22. The van der Waals surface area contributed by atoms with Crippen LogP contribution in [0.1, 0.15) is 46.7 Å². The lowest BCUT2D eigenvalue weighted by molar-refractivity contribution is 0.0951. The third kappa shape index (κ3) is 5.76. The normalized spacial score (nSPS) is 11.7. The van der Waals surface area contributed by atoms with Gasteiger partial charge in [0.1, 0.15) is 0 Å². The summed E-state index contributed by atoms with van der Waals surface area (Å²) in [5, 5.41) is 7.91. The van der Waals surface area contributed by atoms with E-state index in [4.69, 9.17) is 11.6 Å². The molecule has 0 saturated carbocycles. The van der Waals surface area contributed by atoms with E-state index in [0.29, 0.717) is 16.1 Å². The Bertz CT molecular complexity index is 1220. The highest BCUT2D eigenvalue weighted by Crippen LogP contribution is 2.22. The number of aryl methyl sites for hydroxylation is 1. The molecule has 3 rings (SSSR count). The third-order valence-electron chi connectivity index (χ3n) is 4.90. The first-order valence-electron chi connectivity index (χ1n) is 10.2. The van der Waals surface area contributed by atoms with Crippen LogP contribution in [0.25, 0.3) is 5.69 Å². The molecule has 9 heteroatoms. The second-order valence-electron chi connectivity index (χ2n) is 7.93. The summed E-state index contributed by atoms with van der Waals surface area (Å²) in [6.07, 6.45) is 0. The molecule has 170 valence electrons. The molecular formula is C23H27ClN4O3S. The van der Waals surface area contributed by atoms with E-state index in [9.17, 15) is 13.2 Å². The van der Waals surface area contributed by atoms with Crippen LogP contribution in [0, 0.1) is 13.8 Å². The fraction of sp³-hybridized carbons (Fsp3) is 0.304. The van der Waals surface area contributed by atoms with E-state index < -0.39 is 10.0 Å². The molecule has 0 radical (unpaired) electrons. The van der Waals surface area contributed by atoms with Crippen molar-refractivity contribution in [1.82, 2.24) is 19.8 Å². The van der Waals surface area contributed by atoms with E-state index >= 15 is 0 Å². The molecule has 0 unspecified atom stereocenters. The molecule has 1 aromatic heterocycles. The lowest BCUT2D eigenvalue weighted by Crippen LogP contribution is -2.31. The number of nitrogens with zero attached hydrogens (tertiary/aromatic N) is 2. The van der Waals surface area contributed by atoms with Crippen molar-refractivity contribution in [3.63, 3.8) is 0 Å². The standard InChI is InChI=1S/C23H27ClN4O3S/c1-15(2)27-32(30,31)14-20-8-6-5-7-19(20)13-25-23(29)18-9-11-21(12-10-18)28-17(4)22(24)16(3)26-28/h5-12,15,27H,13-14H2,1-4H3,(H,25,29). The Balaban J connectivity index is 1.69. The number of nitrogens with one attached hydrogen (secondary N) is 2. The van der Waals surface area contributed by atoms with Crippen molar-refractivity contribution in [1.29, 1.82) is 0 Å². The number of rotatable bonds is 8. The molecule has 0 aliphatic rings. The number of amides is 1. The molecule has 0 atom stereocenters. The molecule has 2 aromatic carbocycles. The quantitative estimate of drug-likeness (QED) is 0.517. The average molecular weight is 475 g/mol. The Morgan fingerprint density at radius 3 is 2.25 bits per heavy atom. The summed E-state index contributed by atoms with van der Waals surface area (Å²) in [7, 11) is -3.46.